The van der Waals surface area contributed by atoms with Gasteiger partial charge >= 0.3 is 0 Å². The summed E-state index contributed by atoms with van der Waals surface area (Å²) >= 11 is 0. The molecule has 0 spiro atoms. The number of ether oxygens (including phenoxy) is 3. The van der Waals surface area contributed by atoms with Crippen LogP contribution in [0.25, 0.3) is 11.3 Å². The number of benzene rings is 2. The summed E-state index contributed by atoms with van der Waals surface area (Å²) in [5, 5.41) is 12.0. The molecule has 150 valence electrons. The average molecular weight is 395 g/mol. The lowest BCUT2D eigenvalue weighted by Crippen LogP contribution is -2.23. The minimum absolute atomic E-state index is 0.00751. The molecule has 1 N–H and O–H groups in total. The molecule has 0 bridgehead atoms. The van der Waals surface area contributed by atoms with E-state index in [9.17, 15) is 4.79 Å². The van der Waals surface area contributed by atoms with Crippen molar-refractivity contribution in [1.29, 1.82) is 0 Å². The summed E-state index contributed by atoms with van der Waals surface area (Å²) in [4.78, 5) is 12.1. The van der Waals surface area contributed by atoms with Crippen LogP contribution < -0.4 is 19.6 Å². The van der Waals surface area contributed by atoms with Gasteiger partial charge in [0.25, 0.3) is 5.91 Å². The average Bonchev–Trinajstić information content (AvgIpc) is 3.21. The van der Waals surface area contributed by atoms with E-state index in [0.717, 1.165) is 5.56 Å². The van der Waals surface area contributed by atoms with Gasteiger partial charge in [-0.1, -0.05) is 35.5 Å². The monoisotopic (exact) mass is 395 g/mol. The number of methoxy groups -OCH3 is 3. The number of nitrogens with zero attached hydrogens (tertiary/aromatic N) is 4. The summed E-state index contributed by atoms with van der Waals surface area (Å²) in [6.45, 7) is -0.00751. The maximum atomic E-state index is 12.1. The zero-order valence-electron chi connectivity index (χ0n) is 16.3. The molecule has 0 atom stereocenters. The highest BCUT2D eigenvalue weighted by atomic mass is 16.5. The lowest BCUT2D eigenvalue weighted by atomic mass is 10.2. The topological polar surface area (TPSA) is 99.9 Å². The number of hydrogen-bond acceptors (Lipinski definition) is 7. The third kappa shape index (κ3) is 4.89. The van der Waals surface area contributed by atoms with Crippen molar-refractivity contribution in [2.75, 3.05) is 21.3 Å². The van der Waals surface area contributed by atoms with E-state index >= 15 is 0 Å². The van der Waals surface area contributed by atoms with Crippen molar-refractivity contribution in [3.8, 4) is 28.5 Å². The molecule has 0 radical (unpaired) electrons. The molecular weight excluding hydrogens is 374 g/mol. The maximum Gasteiger partial charge on any atom is 0.261 e. The van der Waals surface area contributed by atoms with Crippen LogP contribution in [0.5, 0.6) is 17.2 Å². The van der Waals surface area contributed by atoms with E-state index in [-0.39, 0.29) is 12.5 Å². The maximum absolute atomic E-state index is 12.1. The number of rotatable bonds is 8. The van der Waals surface area contributed by atoms with Crippen molar-refractivity contribution < 1.29 is 19.0 Å². The van der Waals surface area contributed by atoms with Gasteiger partial charge < -0.3 is 14.2 Å². The second-order valence-corrected chi connectivity index (χ2v) is 5.92. The Balaban J connectivity index is 1.62. The zero-order valence-corrected chi connectivity index (χ0v) is 16.3. The van der Waals surface area contributed by atoms with Crippen LogP contribution in [0.4, 0.5) is 0 Å². The number of aromatic nitrogens is 3. The van der Waals surface area contributed by atoms with Crippen LogP contribution in [0.1, 0.15) is 5.56 Å². The van der Waals surface area contributed by atoms with E-state index in [1.165, 1.54) is 32.2 Å². The van der Waals surface area contributed by atoms with Crippen molar-refractivity contribution >= 4 is 12.1 Å². The van der Waals surface area contributed by atoms with Gasteiger partial charge in [-0.05, 0) is 12.1 Å². The van der Waals surface area contributed by atoms with E-state index in [4.69, 9.17) is 14.2 Å². The fourth-order valence-electron chi connectivity index (χ4n) is 2.65. The summed E-state index contributed by atoms with van der Waals surface area (Å²) in [6, 6.07) is 13.1. The quantitative estimate of drug-likeness (QED) is 0.463. The number of carbonyl (C=O) groups is 1. The van der Waals surface area contributed by atoms with Gasteiger partial charge in [-0.2, -0.15) is 5.10 Å². The Morgan fingerprint density at radius 1 is 1.10 bits per heavy atom. The summed E-state index contributed by atoms with van der Waals surface area (Å²) < 4.78 is 17.3. The highest BCUT2D eigenvalue weighted by Gasteiger charge is 2.12. The second kappa shape index (κ2) is 9.36. The Morgan fingerprint density at radius 3 is 2.41 bits per heavy atom. The fraction of sp³-hybridized carbons (Fsp3) is 0.200. The Labute approximate surface area is 167 Å². The molecule has 2 aromatic carbocycles. The van der Waals surface area contributed by atoms with Gasteiger partial charge in [0, 0.05) is 11.1 Å². The predicted octanol–water partition coefficient (Wildman–Crippen LogP) is 2.12. The second-order valence-electron chi connectivity index (χ2n) is 5.92. The van der Waals surface area contributed by atoms with Gasteiger partial charge in [-0.25, -0.2) is 10.1 Å². The van der Waals surface area contributed by atoms with Gasteiger partial charge in [-0.15, -0.1) is 5.10 Å². The largest absolute Gasteiger partial charge is 0.493 e. The molecule has 9 nitrogen and oxygen atoms in total. The van der Waals surface area contributed by atoms with Crippen molar-refractivity contribution in [2.45, 2.75) is 6.54 Å². The molecule has 1 heterocycles. The fourth-order valence-corrected chi connectivity index (χ4v) is 2.65. The zero-order chi connectivity index (χ0) is 20.6. The van der Waals surface area contributed by atoms with Crippen molar-refractivity contribution in [3.05, 3.63) is 54.2 Å². The third-order valence-corrected chi connectivity index (χ3v) is 4.00. The van der Waals surface area contributed by atoms with E-state index in [0.29, 0.717) is 28.5 Å². The number of amides is 1. The van der Waals surface area contributed by atoms with Gasteiger partial charge in [-0.3, -0.25) is 4.79 Å². The summed E-state index contributed by atoms with van der Waals surface area (Å²) in [7, 11) is 4.59. The molecule has 1 aromatic heterocycles. The molecule has 29 heavy (non-hydrogen) atoms. The normalized spacial score (nSPS) is 10.7. The molecule has 0 fully saturated rings. The highest BCUT2D eigenvalue weighted by molar-refractivity contribution is 5.84. The predicted molar refractivity (Wildman–Crippen MR) is 107 cm³/mol. The molecular formula is C20H21N5O4. The molecule has 0 saturated carbocycles. The van der Waals surface area contributed by atoms with Gasteiger partial charge in [0.2, 0.25) is 5.75 Å². The lowest BCUT2D eigenvalue weighted by molar-refractivity contribution is -0.121. The van der Waals surface area contributed by atoms with E-state index < -0.39 is 0 Å². The molecule has 0 unspecified atom stereocenters. The summed E-state index contributed by atoms with van der Waals surface area (Å²) in [6.07, 6.45) is 3.19. The van der Waals surface area contributed by atoms with Gasteiger partial charge in [0.1, 0.15) is 12.2 Å². The van der Waals surface area contributed by atoms with E-state index in [1.807, 2.05) is 30.3 Å². The number of hydrogen-bond donors (Lipinski definition) is 1. The molecule has 0 aliphatic rings. The minimum Gasteiger partial charge on any atom is -0.493 e. The standard InChI is InChI=1S/C20H21N5O4/c1-27-17-9-14(10-18(28-2)20(17)29-3)11-21-23-19(26)13-25-12-16(22-24-25)15-7-5-4-6-8-15/h4-12H,13H2,1-3H3,(H,23,26)/b21-11+. The van der Waals surface area contributed by atoms with Crippen LogP contribution in [0.2, 0.25) is 0 Å². The minimum atomic E-state index is -0.335. The molecule has 1 amide bonds. The van der Waals surface area contributed by atoms with Crippen LogP contribution in [0.3, 0.4) is 0 Å². The smallest absolute Gasteiger partial charge is 0.261 e. The summed E-state index contributed by atoms with van der Waals surface area (Å²) in [5.74, 6) is 1.14. The molecule has 0 saturated heterocycles. The third-order valence-electron chi connectivity index (χ3n) is 4.00. The van der Waals surface area contributed by atoms with Crippen LogP contribution in [0.15, 0.2) is 53.8 Å². The summed E-state index contributed by atoms with van der Waals surface area (Å²) in [5.41, 5.74) is 4.76. The Kier molecular flexibility index (Phi) is 6.41. The Hall–Kier alpha value is -3.88. The molecule has 9 heteroatoms. The first-order chi connectivity index (χ1) is 14.1. The first kappa shape index (κ1) is 19.9. The van der Waals surface area contributed by atoms with Gasteiger partial charge in [0.15, 0.2) is 11.5 Å². The van der Waals surface area contributed by atoms with Crippen molar-refractivity contribution in [1.82, 2.24) is 20.4 Å². The van der Waals surface area contributed by atoms with Crippen LogP contribution in [0, 0.1) is 0 Å². The van der Waals surface area contributed by atoms with Crippen molar-refractivity contribution in [2.24, 2.45) is 5.10 Å². The SMILES string of the molecule is COc1cc(/C=N/NC(=O)Cn2cc(-c3ccccc3)nn2)cc(OC)c1OC. The van der Waals surface area contributed by atoms with Crippen molar-refractivity contribution in [3.63, 3.8) is 0 Å². The number of hydrazone groups is 1. The highest BCUT2D eigenvalue weighted by Crippen LogP contribution is 2.37. The number of carbonyl (C=O) groups excluding carboxylic acids is 1. The molecule has 0 aliphatic carbocycles. The first-order valence-corrected chi connectivity index (χ1v) is 8.72. The molecule has 3 rings (SSSR count). The Bertz CT molecular complexity index is 976. The molecule has 3 aromatic rings. The Morgan fingerprint density at radius 2 is 1.79 bits per heavy atom. The first-order valence-electron chi connectivity index (χ1n) is 8.72. The van der Waals surface area contributed by atoms with Gasteiger partial charge in [0.05, 0.1) is 33.7 Å². The van der Waals surface area contributed by atoms with Crippen LogP contribution >= 0.6 is 0 Å². The lowest BCUT2D eigenvalue weighted by Gasteiger charge is -2.12. The van der Waals surface area contributed by atoms with E-state index in [1.54, 1.807) is 18.3 Å². The molecule has 0 aliphatic heterocycles. The van der Waals surface area contributed by atoms with Crippen LogP contribution in [-0.2, 0) is 11.3 Å². The van der Waals surface area contributed by atoms with Crippen LogP contribution in [-0.4, -0.2) is 48.4 Å². The number of nitrogens with one attached hydrogen (secondary N) is 1. The van der Waals surface area contributed by atoms with E-state index in [2.05, 4.69) is 20.8 Å².